The van der Waals surface area contributed by atoms with Gasteiger partial charge in [-0.25, -0.2) is 21.9 Å². The fourth-order valence-electron chi connectivity index (χ4n) is 2.39. The molecule has 138 valence electrons. The summed E-state index contributed by atoms with van der Waals surface area (Å²) in [7, 11) is -2.86. The molecular formula is C16H15F2N3O4S. The monoisotopic (exact) mass is 383 g/mol. The maximum absolute atomic E-state index is 13.6. The maximum atomic E-state index is 13.6. The predicted molar refractivity (Wildman–Crippen MR) is 87.0 cm³/mol. The number of methoxy groups -OCH3 is 1. The number of hydrogen-bond acceptors (Lipinski definition) is 6. The van der Waals surface area contributed by atoms with Crippen molar-refractivity contribution in [2.75, 3.05) is 7.11 Å². The molecule has 0 radical (unpaired) electrons. The van der Waals surface area contributed by atoms with Gasteiger partial charge in [0.25, 0.3) is 5.91 Å². The second-order valence-corrected chi connectivity index (χ2v) is 7.58. The summed E-state index contributed by atoms with van der Waals surface area (Å²) in [5.74, 6) is -3.80. The van der Waals surface area contributed by atoms with Crippen molar-refractivity contribution in [3.63, 3.8) is 0 Å². The number of rotatable bonds is 6. The average Bonchev–Trinajstić information content (AvgIpc) is 3.42. The topological polar surface area (TPSA) is 98.2 Å². The summed E-state index contributed by atoms with van der Waals surface area (Å²) in [5.41, 5.74) is -0.0266. The number of amides is 1. The van der Waals surface area contributed by atoms with E-state index in [0.29, 0.717) is 11.4 Å². The van der Waals surface area contributed by atoms with Crippen molar-refractivity contribution in [3.8, 4) is 5.75 Å². The number of sulfonamides is 1. The van der Waals surface area contributed by atoms with Crippen LogP contribution in [0.3, 0.4) is 0 Å². The second-order valence-electron chi connectivity index (χ2n) is 5.86. The highest BCUT2D eigenvalue weighted by molar-refractivity contribution is 7.89. The Balaban J connectivity index is 1.77. The molecule has 1 fully saturated rings. The lowest BCUT2D eigenvalue weighted by Gasteiger charge is -2.09. The van der Waals surface area contributed by atoms with Crippen LogP contribution in [-0.4, -0.2) is 31.6 Å². The number of nitrogens with zero attached hydrogens (tertiary/aromatic N) is 2. The van der Waals surface area contributed by atoms with Gasteiger partial charge in [0.15, 0.2) is 17.3 Å². The quantitative estimate of drug-likeness (QED) is 0.818. The standard InChI is InChI=1S/C16H15F2N3O4S/c1-25-13-7-12(19-20-15(13)9-5-6-9)16(22)21-26(23,24)8-10-3-2-4-11(17)14(10)18/h2-4,7,9H,5-6,8H2,1H3,(H,21,22). The summed E-state index contributed by atoms with van der Waals surface area (Å²) in [6.07, 6.45) is 1.90. The molecule has 0 bridgehead atoms. The highest BCUT2D eigenvalue weighted by Crippen LogP contribution is 2.42. The van der Waals surface area contributed by atoms with Crippen molar-refractivity contribution in [3.05, 3.63) is 52.9 Å². The molecule has 2 aromatic rings. The first-order valence-corrected chi connectivity index (χ1v) is 9.35. The Morgan fingerprint density at radius 2 is 2.04 bits per heavy atom. The predicted octanol–water partition coefficient (Wildman–Crippen LogP) is 1.90. The lowest BCUT2D eigenvalue weighted by molar-refractivity contribution is 0.0975. The summed E-state index contributed by atoms with van der Waals surface area (Å²) in [5, 5.41) is 7.66. The van der Waals surface area contributed by atoms with Crippen LogP contribution in [0.25, 0.3) is 0 Å². The van der Waals surface area contributed by atoms with Crippen LogP contribution in [0.15, 0.2) is 24.3 Å². The second kappa shape index (κ2) is 6.94. The SMILES string of the molecule is COc1cc(C(=O)NS(=O)(=O)Cc2cccc(F)c2F)nnc1C1CC1. The van der Waals surface area contributed by atoms with E-state index in [1.807, 2.05) is 0 Å². The molecule has 10 heteroatoms. The third-order valence-corrected chi connectivity index (χ3v) is 5.02. The zero-order valence-electron chi connectivity index (χ0n) is 13.7. The minimum atomic E-state index is -4.27. The van der Waals surface area contributed by atoms with E-state index in [-0.39, 0.29) is 11.6 Å². The molecule has 0 saturated heterocycles. The maximum Gasteiger partial charge on any atom is 0.285 e. The Labute approximate surface area is 148 Å². The Hall–Kier alpha value is -2.62. The van der Waals surface area contributed by atoms with Gasteiger partial charge in [-0.3, -0.25) is 4.79 Å². The molecule has 1 aliphatic carbocycles. The largest absolute Gasteiger partial charge is 0.495 e. The zero-order chi connectivity index (χ0) is 18.9. The van der Waals surface area contributed by atoms with Gasteiger partial charge in [0.1, 0.15) is 11.4 Å². The van der Waals surface area contributed by atoms with E-state index < -0.39 is 38.9 Å². The molecule has 1 aliphatic rings. The first kappa shape index (κ1) is 18.2. The number of aromatic nitrogens is 2. The van der Waals surface area contributed by atoms with E-state index in [4.69, 9.17) is 4.74 Å². The van der Waals surface area contributed by atoms with Crippen LogP contribution in [0.5, 0.6) is 5.75 Å². The highest BCUT2D eigenvalue weighted by atomic mass is 32.2. The summed E-state index contributed by atoms with van der Waals surface area (Å²) in [4.78, 5) is 12.2. The molecule has 26 heavy (non-hydrogen) atoms. The van der Waals surface area contributed by atoms with E-state index in [1.165, 1.54) is 19.2 Å². The van der Waals surface area contributed by atoms with E-state index in [0.717, 1.165) is 25.0 Å². The Bertz CT molecular complexity index is 962. The van der Waals surface area contributed by atoms with Gasteiger partial charge in [-0.15, -0.1) is 5.10 Å². The fraction of sp³-hybridized carbons (Fsp3) is 0.312. The van der Waals surface area contributed by atoms with Crippen LogP contribution < -0.4 is 9.46 Å². The number of ether oxygens (including phenoxy) is 1. The van der Waals surface area contributed by atoms with Gasteiger partial charge in [-0.2, -0.15) is 5.10 Å². The van der Waals surface area contributed by atoms with Gasteiger partial charge in [0.2, 0.25) is 10.0 Å². The van der Waals surface area contributed by atoms with Gasteiger partial charge < -0.3 is 4.74 Å². The molecule has 1 heterocycles. The van der Waals surface area contributed by atoms with Gasteiger partial charge in [0.05, 0.1) is 12.9 Å². The van der Waals surface area contributed by atoms with Crippen LogP contribution in [0, 0.1) is 11.6 Å². The van der Waals surface area contributed by atoms with Crippen LogP contribution >= 0.6 is 0 Å². The average molecular weight is 383 g/mol. The minimum Gasteiger partial charge on any atom is -0.495 e. The smallest absolute Gasteiger partial charge is 0.285 e. The fourth-order valence-corrected chi connectivity index (χ4v) is 3.48. The third kappa shape index (κ3) is 3.96. The lowest BCUT2D eigenvalue weighted by atomic mass is 10.2. The number of nitrogens with one attached hydrogen (secondary N) is 1. The molecule has 0 atom stereocenters. The number of carbonyl (C=O) groups is 1. The Morgan fingerprint density at radius 3 is 2.69 bits per heavy atom. The molecule has 1 aromatic carbocycles. The van der Waals surface area contributed by atoms with E-state index >= 15 is 0 Å². The van der Waals surface area contributed by atoms with Crippen LogP contribution in [0.1, 0.15) is 40.5 Å². The van der Waals surface area contributed by atoms with Crippen LogP contribution in [0.4, 0.5) is 8.78 Å². The number of hydrogen-bond donors (Lipinski definition) is 1. The Morgan fingerprint density at radius 1 is 1.31 bits per heavy atom. The molecule has 1 saturated carbocycles. The van der Waals surface area contributed by atoms with Crippen molar-refractivity contribution in [2.24, 2.45) is 0 Å². The van der Waals surface area contributed by atoms with E-state index in [1.54, 1.807) is 4.72 Å². The third-order valence-electron chi connectivity index (χ3n) is 3.83. The van der Waals surface area contributed by atoms with Crippen molar-refractivity contribution < 1.29 is 26.7 Å². The van der Waals surface area contributed by atoms with Gasteiger partial charge in [0, 0.05) is 17.5 Å². The van der Waals surface area contributed by atoms with Crippen molar-refractivity contribution in [1.29, 1.82) is 0 Å². The minimum absolute atomic E-state index is 0.231. The van der Waals surface area contributed by atoms with E-state index in [2.05, 4.69) is 10.2 Å². The molecule has 0 unspecified atom stereocenters. The van der Waals surface area contributed by atoms with Crippen molar-refractivity contribution >= 4 is 15.9 Å². The normalized spacial score (nSPS) is 14.1. The van der Waals surface area contributed by atoms with Gasteiger partial charge in [-0.05, 0) is 18.9 Å². The molecule has 3 rings (SSSR count). The van der Waals surface area contributed by atoms with E-state index in [9.17, 15) is 22.0 Å². The zero-order valence-corrected chi connectivity index (χ0v) is 14.5. The molecule has 0 aliphatic heterocycles. The van der Waals surface area contributed by atoms with Crippen molar-refractivity contribution in [2.45, 2.75) is 24.5 Å². The number of carbonyl (C=O) groups excluding carboxylic acids is 1. The summed E-state index contributed by atoms with van der Waals surface area (Å²) in [6, 6.07) is 4.47. The van der Waals surface area contributed by atoms with Crippen LogP contribution in [0.2, 0.25) is 0 Å². The number of halogens is 2. The molecule has 1 N–H and O–H groups in total. The molecule has 0 spiro atoms. The summed E-state index contributed by atoms with van der Waals surface area (Å²) < 4.78 is 57.9. The molecule has 1 amide bonds. The first-order chi connectivity index (χ1) is 12.3. The first-order valence-electron chi connectivity index (χ1n) is 7.70. The summed E-state index contributed by atoms with van der Waals surface area (Å²) >= 11 is 0. The highest BCUT2D eigenvalue weighted by Gasteiger charge is 2.30. The van der Waals surface area contributed by atoms with Crippen LogP contribution in [-0.2, 0) is 15.8 Å². The number of benzene rings is 1. The summed E-state index contributed by atoms with van der Waals surface area (Å²) in [6.45, 7) is 0. The Kier molecular flexibility index (Phi) is 4.86. The van der Waals surface area contributed by atoms with Crippen molar-refractivity contribution in [1.82, 2.24) is 14.9 Å². The van der Waals surface area contributed by atoms with Gasteiger partial charge >= 0.3 is 0 Å². The molecular weight excluding hydrogens is 368 g/mol. The molecule has 7 nitrogen and oxygen atoms in total. The lowest BCUT2D eigenvalue weighted by Crippen LogP contribution is -2.32. The van der Waals surface area contributed by atoms with Gasteiger partial charge in [-0.1, -0.05) is 12.1 Å². The molecule has 1 aromatic heterocycles.